The van der Waals surface area contributed by atoms with Crippen molar-refractivity contribution < 1.29 is 4.74 Å². The summed E-state index contributed by atoms with van der Waals surface area (Å²) in [5.74, 6) is 0.803. The summed E-state index contributed by atoms with van der Waals surface area (Å²) < 4.78 is 5.08. The van der Waals surface area contributed by atoms with Crippen LogP contribution in [0.2, 0.25) is 0 Å². The number of hydrogen-bond donors (Lipinski definition) is 2. The van der Waals surface area contributed by atoms with Gasteiger partial charge in [-0.25, -0.2) is 4.98 Å². The van der Waals surface area contributed by atoms with Crippen LogP contribution in [-0.2, 0) is 17.6 Å². The lowest BCUT2D eigenvalue weighted by Crippen LogP contribution is -2.44. The van der Waals surface area contributed by atoms with Gasteiger partial charge in [0.1, 0.15) is 0 Å². The lowest BCUT2D eigenvalue weighted by atomic mass is 10.4. The highest BCUT2D eigenvalue weighted by atomic mass is 32.1. The predicted molar refractivity (Wildman–Crippen MR) is 81.0 cm³/mol. The van der Waals surface area contributed by atoms with E-state index in [1.807, 2.05) is 6.20 Å². The number of ether oxygens (including phenoxy) is 1. The zero-order chi connectivity index (χ0) is 14.1. The van der Waals surface area contributed by atoms with E-state index in [-0.39, 0.29) is 6.04 Å². The molecule has 6 heteroatoms. The van der Waals surface area contributed by atoms with E-state index in [4.69, 9.17) is 4.74 Å². The maximum absolute atomic E-state index is 5.08. The van der Waals surface area contributed by atoms with Gasteiger partial charge in [-0.05, 0) is 13.3 Å². The van der Waals surface area contributed by atoms with Gasteiger partial charge in [0.05, 0.1) is 11.6 Å². The first-order valence-corrected chi connectivity index (χ1v) is 7.41. The van der Waals surface area contributed by atoms with Crippen LogP contribution >= 0.6 is 11.3 Å². The summed E-state index contributed by atoms with van der Waals surface area (Å²) in [5, 5.41) is 7.72. The SMILES string of the molecule is CCc1cnc(CCNC(=NC)NC(C)COC)s1. The first kappa shape index (κ1) is 15.9. The maximum Gasteiger partial charge on any atom is 0.191 e. The highest BCUT2D eigenvalue weighted by Crippen LogP contribution is 2.13. The van der Waals surface area contributed by atoms with Crippen molar-refractivity contribution in [3.05, 3.63) is 16.1 Å². The summed E-state index contributed by atoms with van der Waals surface area (Å²) in [5.41, 5.74) is 0. The third-order valence-electron chi connectivity index (χ3n) is 2.60. The van der Waals surface area contributed by atoms with Gasteiger partial charge in [-0.3, -0.25) is 4.99 Å². The Morgan fingerprint density at radius 3 is 2.95 bits per heavy atom. The maximum atomic E-state index is 5.08. The van der Waals surface area contributed by atoms with Gasteiger partial charge >= 0.3 is 0 Å². The van der Waals surface area contributed by atoms with Gasteiger partial charge in [0, 0.05) is 44.2 Å². The molecule has 0 aliphatic carbocycles. The molecule has 0 aliphatic rings. The van der Waals surface area contributed by atoms with Crippen LogP contribution < -0.4 is 10.6 Å². The second kappa shape index (κ2) is 8.87. The Morgan fingerprint density at radius 2 is 2.37 bits per heavy atom. The van der Waals surface area contributed by atoms with Crippen molar-refractivity contribution >= 4 is 17.3 Å². The van der Waals surface area contributed by atoms with Gasteiger partial charge in [0.2, 0.25) is 0 Å². The molecule has 0 aliphatic heterocycles. The third kappa shape index (κ3) is 6.02. The fourth-order valence-corrected chi connectivity index (χ4v) is 2.50. The summed E-state index contributed by atoms with van der Waals surface area (Å²) in [7, 11) is 3.47. The van der Waals surface area contributed by atoms with E-state index in [2.05, 4.69) is 34.5 Å². The van der Waals surface area contributed by atoms with Gasteiger partial charge in [-0.2, -0.15) is 0 Å². The normalized spacial score (nSPS) is 13.4. The fourth-order valence-electron chi connectivity index (χ4n) is 1.63. The number of hydrogen-bond acceptors (Lipinski definition) is 4. The quantitative estimate of drug-likeness (QED) is 0.588. The molecule has 1 aromatic rings. The first-order chi connectivity index (χ1) is 9.19. The van der Waals surface area contributed by atoms with Crippen molar-refractivity contribution in [1.82, 2.24) is 15.6 Å². The minimum Gasteiger partial charge on any atom is -0.383 e. The molecule has 1 rings (SSSR count). The average molecular weight is 284 g/mol. The van der Waals surface area contributed by atoms with E-state index in [1.165, 1.54) is 9.88 Å². The summed E-state index contributed by atoms with van der Waals surface area (Å²) in [6.45, 7) is 5.70. The van der Waals surface area contributed by atoms with Crippen molar-refractivity contribution in [2.45, 2.75) is 32.7 Å². The summed E-state index contributed by atoms with van der Waals surface area (Å²) in [6.07, 6.45) is 3.95. The molecule has 1 heterocycles. The smallest absolute Gasteiger partial charge is 0.191 e. The molecule has 1 unspecified atom stereocenters. The number of guanidine groups is 1. The van der Waals surface area contributed by atoms with Gasteiger partial charge in [-0.15, -0.1) is 11.3 Å². The number of nitrogens with one attached hydrogen (secondary N) is 2. The Kier molecular flexibility index (Phi) is 7.43. The second-order valence-electron chi connectivity index (χ2n) is 4.32. The Bertz CT molecular complexity index is 392. The van der Waals surface area contributed by atoms with Crippen LogP contribution in [0.1, 0.15) is 23.7 Å². The second-order valence-corrected chi connectivity index (χ2v) is 5.52. The molecule has 0 spiro atoms. The third-order valence-corrected chi connectivity index (χ3v) is 3.81. The lowest BCUT2D eigenvalue weighted by Gasteiger charge is -2.16. The molecule has 0 fully saturated rings. The Balaban J connectivity index is 2.29. The van der Waals surface area contributed by atoms with Crippen molar-refractivity contribution in [3.8, 4) is 0 Å². The molecule has 5 nitrogen and oxygen atoms in total. The van der Waals surface area contributed by atoms with E-state index in [1.54, 1.807) is 25.5 Å². The van der Waals surface area contributed by atoms with Crippen LogP contribution in [0.5, 0.6) is 0 Å². The van der Waals surface area contributed by atoms with E-state index < -0.39 is 0 Å². The van der Waals surface area contributed by atoms with Crippen LogP contribution in [0.4, 0.5) is 0 Å². The molecule has 0 saturated heterocycles. The van der Waals surface area contributed by atoms with E-state index in [9.17, 15) is 0 Å². The van der Waals surface area contributed by atoms with E-state index >= 15 is 0 Å². The first-order valence-electron chi connectivity index (χ1n) is 6.59. The predicted octanol–water partition coefficient (Wildman–Crippen LogP) is 1.45. The van der Waals surface area contributed by atoms with Gasteiger partial charge in [0.15, 0.2) is 5.96 Å². The number of aliphatic imine (C=N–C) groups is 1. The van der Waals surface area contributed by atoms with Gasteiger partial charge < -0.3 is 15.4 Å². The lowest BCUT2D eigenvalue weighted by molar-refractivity contribution is 0.179. The molecule has 0 bridgehead atoms. The average Bonchev–Trinajstić information content (AvgIpc) is 2.86. The molecule has 1 atom stereocenters. The summed E-state index contributed by atoms with van der Waals surface area (Å²) in [4.78, 5) is 9.92. The summed E-state index contributed by atoms with van der Waals surface area (Å²) >= 11 is 1.78. The number of thiazole rings is 1. The van der Waals surface area contributed by atoms with E-state index in [0.29, 0.717) is 6.61 Å². The van der Waals surface area contributed by atoms with Gasteiger partial charge in [-0.1, -0.05) is 6.92 Å². The highest BCUT2D eigenvalue weighted by Gasteiger charge is 2.05. The molecular formula is C13H24N4OS. The number of aromatic nitrogens is 1. The number of rotatable bonds is 7. The van der Waals surface area contributed by atoms with E-state index in [0.717, 1.165) is 25.3 Å². The number of aryl methyl sites for hydroxylation is 1. The van der Waals surface area contributed by atoms with Crippen LogP contribution in [0.25, 0.3) is 0 Å². The molecule has 0 amide bonds. The van der Waals surface area contributed by atoms with Crippen molar-refractivity contribution in [3.63, 3.8) is 0 Å². The summed E-state index contributed by atoms with van der Waals surface area (Å²) in [6, 6.07) is 0.239. The topological polar surface area (TPSA) is 58.5 Å². The van der Waals surface area contributed by atoms with Crippen LogP contribution in [0.3, 0.4) is 0 Å². The molecule has 1 aromatic heterocycles. The fraction of sp³-hybridized carbons (Fsp3) is 0.692. The van der Waals surface area contributed by atoms with Crippen LogP contribution in [0.15, 0.2) is 11.2 Å². The van der Waals surface area contributed by atoms with Crippen LogP contribution in [-0.4, -0.2) is 44.3 Å². The molecule has 0 radical (unpaired) electrons. The zero-order valence-electron chi connectivity index (χ0n) is 12.2. The van der Waals surface area contributed by atoms with Gasteiger partial charge in [0.25, 0.3) is 0 Å². The molecule has 0 aromatic carbocycles. The molecule has 0 saturated carbocycles. The Labute approximate surface area is 119 Å². The molecular weight excluding hydrogens is 260 g/mol. The largest absolute Gasteiger partial charge is 0.383 e. The molecule has 19 heavy (non-hydrogen) atoms. The van der Waals surface area contributed by atoms with Crippen LogP contribution in [0, 0.1) is 0 Å². The minimum absolute atomic E-state index is 0.239. The van der Waals surface area contributed by atoms with Crippen molar-refractivity contribution in [1.29, 1.82) is 0 Å². The highest BCUT2D eigenvalue weighted by molar-refractivity contribution is 7.11. The standard InChI is InChI=1S/C13H24N4OS/c1-5-11-8-16-12(19-11)6-7-15-13(14-3)17-10(2)9-18-4/h8,10H,5-7,9H2,1-4H3,(H2,14,15,17). The Morgan fingerprint density at radius 1 is 1.58 bits per heavy atom. The van der Waals surface area contributed by atoms with Crippen molar-refractivity contribution in [2.75, 3.05) is 27.3 Å². The Hall–Kier alpha value is -1.14. The zero-order valence-corrected chi connectivity index (χ0v) is 13.0. The number of nitrogens with zero attached hydrogens (tertiary/aromatic N) is 2. The van der Waals surface area contributed by atoms with Crippen molar-refractivity contribution in [2.24, 2.45) is 4.99 Å². The minimum atomic E-state index is 0.239. The molecule has 2 N–H and O–H groups in total. The monoisotopic (exact) mass is 284 g/mol. The number of methoxy groups -OCH3 is 1. The molecule has 108 valence electrons.